The summed E-state index contributed by atoms with van der Waals surface area (Å²) < 4.78 is 12.1. The van der Waals surface area contributed by atoms with Crippen LogP contribution in [0.5, 0.6) is 0 Å². The monoisotopic (exact) mass is 308 g/mol. The molecule has 0 aromatic carbocycles. The van der Waals surface area contributed by atoms with Crippen LogP contribution in [0.25, 0.3) is 0 Å². The summed E-state index contributed by atoms with van der Waals surface area (Å²) in [4.78, 5) is 14.1. The second kappa shape index (κ2) is 7.04. The zero-order chi connectivity index (χ0) is 15.4. The van der Waals surface area contributed by atoms with Crippen molar-refractivity contribution < 1.29 is 19.4 Å². The lowest BCUT2D eigenvalue weighted by Gasteiger charge is -2.35. The van der Waals surface area contributed by atoms with Crippen molar-refractivity contribution in [2.24, 2.45) is 0 Å². The van der Waals surface area contributed by atoms with E-state index in [0.717, 1.165) is 0 Å². The van der Waals surface area contributed by atoms with E-state index in [1.807, 2.05) is 27.7 Å². The van der Waals surface area contributed by atoms with E-state index in [2.05, 4.69) is 0 Å². The molecule has 0 atom stereocenters. The first-order chi connectivity index (χ1) is 9.26. The highest BCUT2D eigenvalue weighted by Gasteiger charge is 2.55. The van der Waals surface area contributed by atoms with Crippen LogP contribution in [0, 0.1) is 0 Å². The molecule has 0 radical (unpaired) electrons. The molecule has 0 bridgehead atoms. The highest BCUT2D eigenvalue weighted by Crippen LogP contribution is 2.39. The molecule has 118 valence electrons. The molecular formula is C13H25ClN2O4. The molecule has 1 saturated heterocycles. The maximum Gasteiger partial charge on any atom is 0.245 e. The largest absolute Gasteiger partial charge is 0.394 e. The summed E-state index contributed by atoms with van der Waals surface area (Å²) in [5.41, 5.74) is -1.26. The first-order valence-corrected chi connectivity index (χ1v) is 7.14. The van der Waals surface area contributed by atoms with E-state index in [4.69, 9.17) is 26.4 Å². The topological polar surface area (TPSA) is 62.2 Å². The van der Waals surface area contributed by atoms with Crippen LogP contribution >= 0.6 is 11.8 Å². The van der Waals surface area contributed by atoms with Crippen molar-refractivity contribution in [3.05, 3.63) is 0 Å². The number of ether oxygens (including phenoxy) is 2. The summed E-state index contributed by atoms with van der Waals surface area (Å²) in [5, 5.41) is 8.55. The normalized spacial score (nSPS) is 21.7. The second-order valence-corrected chi connectivity index (χ2v) is 6.08. The molecular weight excluding hydrogens is 284 g/mol. The summed E-state index contributed by atoms with van der Waals surface area (Å²) in [5.74, 6) is -0.00219. The van der Waals surface area contributed by atoms with Crippen molar-refractivity contribution in [3.8, 4) is 0 Å². The Morgan fingerprint density at radius 2 is 1.65 bits per heavy atom. The fourth-order valence-electron chi connectivity index (χ4n) is 2.37. The van der Waals surface area contributed by atoms with Crippen LogP contribution in [-0.4, -0.2) is 71.1 Å². The second-order valence-electron chi connectivity index (χ2n) is 5.74. The molecule has 0 aliphatic carbocycles. The summed E-state index contributed by atoms with van der Waals surface area (Å²) >= 11 is 6.27. The van der Waals surface area contributed by atoms with E-state index >= 15 is 0 Å². The zero-order valence-corrected chi connectivity index (χ0v) is 13.4. The number of amides is 1. The number of hydrogen-bond acceptors (Lipinski definition) is 5. The van der Waals surface area contributed by atoms with Crippen LogP contribution in [-0.2, 0) is 14.3 Å². The molecule has 1 N–H and O–H groups in total. The number of nitrogens with zero attached hydrogens (tertiary/aromatic N) is 2. The Hall–Kier alpha value is -0.400. The molecule has 0 saturated carbocycles. The van der Waals surface area contributed by atoms with Gasteiger partial charge in [0.2, 0.25) is 5.91 Å². The van der Waals surface area contributed by atoms with Gasteiger partial charge in [0.1, 0.15) is 11.2 Å². The van der Waals surface area contributed by atoms with E-state index in [1.54, 1.807) is 9.32 Å². The van der Waals surface area contributed by atoms with Gasteiger partial charge in [-0.25, -0.2) is 0 Å². The first kappa shape index (κ1) is 17.7. The Kier molecular flexibility index (Phi) is 6.22. The van der Waals surface area contributed by atoms with Crippen molar-refractivity contribution in [2.45, 2.75) is 38.9 Å². The summed E-state index contributed by atoms with van der Waals surface area (Å²) in [6, 6.07) is 0. The number of aliphatic hydroxyl groups is 1. The highest BCUT2D eigenvalue weighted by atomic mass is 35.5. The molecule has 1 rings (SSSR count). The number of aliphatic hydroxyl groups excluding tert-OH is 1. The van der Waals surface area contributed by atoms with Gasteiger partial charge in [0.25, 0.3) is 0 Å². The summed E-state index contributed by atoms with van der Waals surface area (Å²) in [6.45, 7) is 9.57. The lowest BCUT2D eigenvalue weighted by molar-refractivity contribution is -0.134. The van der Waals surface area contributed by atoms with Gasteiger partial charge in [-0.1, -0.05) is 0 Å². The molecule has 0 aromatic rings. The van der Waals surface area contributed by atoms with E-state index in [0.29, 0.717) is 33.0 Å². The predicted molar refractivity (Wildman–Crippen MR) is 76.3 cm³/mol. The molecule has 7 heteroatoms. The average Bonchev–Trinajstić information content (AvgIpc) is 2.49. The van der Waals surface area contributed by atoms with Crippen molar-refractivity contribution in [1.82, 2.24) is 9.32 Å². The van der Waals surface area contributed by atoms with Gasteiger partial charge < -0.3 is 19.5 Å². The molecule has 1 aliphatic rings. The van der Waals surface area contributed by atoms with Crippen LogP contribution in [0.15, 0.2) is 0 Å². The Morgan fingerprint density at radius 3 is 2.10 bits per heavy atom. The van der Waals surface area contributed by atoms with Crippen LogP contribution in [0.3, 0.4) is 0 Å². The number of halogens is 1. The minimum absolute atomic E-state index is 0.00219. The third-order valence-corrected chi connectivity index (χ3v) is 4.30. The van der Waals surface area contributed by atoms with Gasteiger partial charge in [0.15, 0.2) is 0 Å². The average molecular weight is 309 g/mol. The predicted octanol–water partition coefficient (Wildman–Crippen LogP) is 0.825. The van der Waals surface area contributed by atoms with Crippen LogP contribution in [0.1, 0.15) is 27.7 Å². The summed E-state index contributed by atoms with van der Waals surface area (Å²) in [6.07, 6.45) is 0. The molecule has 20 heavy (non-hydrogen) atoms. The van der Waals surface area contributed by atoms with Gasteiger partial charge in [-0.05, 0) is 39.5 Å². The Morgan fingerprint density at radius 1 is 1.10 bits per heavy atom. The minimum Gasteiger partial charge on any atom is -0.394 e. The molecule has 6 nitrogen and oxygen atoms in total. The molecule has 1 aliphatic heterocycles. The lowest BCUT2D eigenvalue weighted by Crippen LogP contribution is -2.47. The molecule has 1 heterocycles. The smallest absolute Gasteiger partial charge is 0.245 e. The van der Waals surface area contributed by atoms with E-state index in [-0.39, 0.29) is 12.5 Å². The molecule has 1 fully saturated rings. The molecule has 1 amide bonds. The number of carbonyl (C=O) groups excluding carboxylic acids is 1. The third-order valence-electron chi connectivity index (χ3n) is 3.47. The van der Waals surface area contributed by atoms with Gasteiger partial charge in [-0.3, -0.25) is 4.79 Å². The maximum atomic E-state index is 12.3. The molecule has 0 aromatic heterocycles. The van der Waals surface area contributed by atoms with Gasteiger partial charge >= 0.3 is 0 Å². The zero-order valence-electron chi connectivity index (χ0n) is 12.7. The van der Waals surface area contributed by atoms with E-state index in [9.17, 15) is 4.79 Å². The van der Waals surface area contributed by atoms with Gasteiger partial charge in [0.05, 0.1) is 33.0 Å². The van der Waals surface area contributed by atoms with Crippen LogP contribution in [0.4, 0.5) is 0 Å². The van der Waals surface area contributed by atoms with Gasteiger partial charge in [-0.2, -0.15) is 4.42 Å². The first-order valence-electron chi connectivity index (χ1n) is 6.80. The van der Waals surface area contributed by atoms with Crippen LogP contribution in [0.2, 0.25) is 0 Å². The number of carbonyl (C=O) groups is 1. The Bertz CT molecular complexity index is 336. The van der Waals surface area contributed by atoms with Gasteiger partial charge in [-0.15, -0.1) is 0 Å². The van der Waals surface area contributed by atoms with Crippen molar-refractivity contribution in [1.29, 1.82) is 0 Å². The van der Waals surface area contributed by atoms with Gasteiger partial charge in [0, 0.05) is 6.54 Å². The number of rotatable bonds is 8. The fraction of sp³-hybridized carbons (Fsp3) is 0.923. The number of hydrogen-bond donors (Lipinski definition) is 1. The molecule has 0 unspecified atom stereocenters. The maximum absolute atomic E-state index is 12.3. The van der Waals surface area contributed by atoms with Crippen molar-refractivity contribution >= 4 is 17.7 Å². The minimum atomic E-state index is -0.713. The third kappa shape index (κ3) is 3.62. The molecule has 0 spiro atoms. The summed E-state index contributed by atoms with van der Waals surface area (Å²) in [7, 11) is 0. The van der Waals surface area contributed by atoms with E-state index in [1.165, 1.54) is 0 Å². The van der Waals surface area contributed by atoms with Crippen LogP contribution < -0.4 is 0 Å². The Labute approximate surface area is 125 Å². The van der Waals surface area contributed by atoms with E-state index < -0.39 is 11.2 Å². The lowest BCUT2D eigenvalue weighted by atomic mass is 10.1. The Balaban J connectivity index is 2.38. The quantitative estimate of drug-likeness (QED) is 0.531. The van der Waals surface area contributed by atoms with Crippen molar-refractivity contribution in [2.75, 3.05) is 39.6 Å². The standard InChI is InChI=1S/C13H25ClN2O4/c1-12(2)11(18)15(13(3,4)16(12)14)5-7-19-9-10-20-8-6-17/h17H,5-10H2,1-4H3. The SMILES string of the molecule is CC1(C)C(=O)N(CCOCCOCCO)C(C)(C)N1Cl. The fourth-order valence-corrected chi connectivity index (χ4v) is 2.53. The van der Waals surface area contributed by atoms with Crippen molar-refractivity contribution in [3.63, 3.8) is 0 Å². The highest BCUT2D eigenvalue weighted by molar-refractivity contribution is 6.17.